The molecule has 0 bridgehead atoms. The summed E-state index contributed by atoms with van der Waals surface area (Å²) in [6.07, 6.45) is 7.40. The average Bonchev–Trinajstić information content (AvgIpc) is 3.67. The van der Waals surface area contributed by atoms with Gasteiger partial charge in [-0.2, -0.15) is 0 Å². The largest absolute Gasteiger partial charge is 0.0614 e. The molecule has 0 atom stereocenters. The highest BCUT2D eigenvalue weighted by molar-refractivity contribution is 5.92. The summed E-state index contributed by atoms with van der Waals surface area (Å²) >= 11 is 0. The van der Waals surface area contributed by atoms with Crippen molar-refractivity contribution in [3.8, 4) is 0 Å². The molecule has 0 saturated carbocycles. The van der Waals surface area contributed by atoms with Crippen LogP contribution in [0.4, 0.5) is 0 Å². The lowest BCUT2D eigenvalue weighted by Crippen LogP contribution is -1.76. The molecular weight excluding hydrogens is 432 g/mol. The van der Waals surface area contributed by atoms with Gasteiger partial charge in [-0.1, -0.05) is 109 Å². The predicted octanol–water partition coefficient (Wildman–Crippen LogP) is 8.82. The van der Waals surface area contributed by atoms with Crippen molar-refractivity contribution >= 4 is 32.3 Å². The van der Waals surface area contributed by atoms with E-state index in [1.165, 1.54) is 104 Å². The zero-order valence-electron chi connectivity index (χ0n) is 20.6. The SMILES string of the molecule is c1cc2c3c(cccc3c1)CC2.c1cc2c3c(cccc3c1)CC2.c1cc2c3c(cccc3c1)CC2. The van der Waals surface area contributed by atoms with Gasteiger partial charge in [0, 0.05) is 0 Å². The fourth-order valence-electron chi connectivity index (χ4n) is 6.56. The van der Waals surface area contributed by atoms with Crippen molar-refractivity contribution in [3.05, 3.63) is 143 Å². The van der Waals surface area contributed by atoms with E-state index in [4.69, 9.17) is 0 Å². The van der Waals surface area contributed by atoms with Crippen molar-refractivity contribution in [1.82, 2.24) is 0 Å². The van der Waals surface area contributed by atoms with E-state index in [1.54, 1.807) is 0 Å². The molecule has 0 heteroatoms. The summed E-state index contributed by atoms with van der Waals surface area (Å²) in [5, 5.41) is 8.76. The highest BCUT2D eigenvalue weighted by Gasteiger charge is 2.13. The molecule has 0 nitrogen and oxygen atoms in total. The van der Waals surface area contributed by atoms with Crippen LogP contribution in [0.15, 0.2) is 109 Å². The van der Waals surface area contributed by atoms with E-state index in [-0.39, 0.29) is 0 Å². The van der Waals surface area contributed by atoms with E-state index in [2.05, 4.69) is 109 Å². The third-order valence-corrected chi connectivity index (χ3v) is 8.22. The van der Waals surface area contributed by atoms with Gasteiger partial charge in [-0.3, -0.25) is 0 Å². The molecule has 0 N–H and O–H groups in total. The lowest BCUT2D eigenvalue weighted by atomic mass is 10.1. The van der Waals surface area contributed by atoms with Crippen LogP contribution in [-0.2, 0) is 38.5 Å². The summed E-state index contributed by atoms with van der Waals surface area (Å²) in [6, 6.07) is 39.7. The lowest BCUT2D eigenvalue weighted by Gasteiger charge is -1.99. The zero-order chi connectivity index (χ0) is 23.9. The first-order valence-electron chi connectivity index (χ1n) is 13.3. The van der Waals surface area contributed by atoms with Crippen LogP contribution < -0.4 is 0 Å². The van der Waals surface area contributed by atoms with Gasteiger partial charge < -0.3 is 0 Å². The Bertz CT molecular complexity index is 1410. The van der Waals surface area contributed by atoms with Crippen molar-refractivity contribution in [2.75, 3.05) is 0 Å². The molecule has 3 aliphatic carbocycles. The van der Waals surface area contributed by atoms with Crippen molar-refractivity contribution < 1.29 is 0 Å². The Labute approximate surface area is 213 Å². The quantitative estimate of drug-likeness (QED) is 0.211. The highest BCUT2D eigenvalue weighted by atomic mass is 14.2. The lowest BCUT2D eigenvalue weighted by molar-refractivity contribution is 1.02. The third-order valence-electron chi connectivity index (χ3n) is 8.22. The normalized spacial score (nSPS) is 14.0. The van der Waals surface area contributed by atoms with E-state index >= 15 is 0 Å². The molecule has 0 aromatic heterocycles. The molecule has 174 valence electrons. The monoisotopic (exact) mass is 462 g/mol. The third kappa shape index (κ3) is 3.69. The molecule has 6 aromatic rings. The van der Waals surface area contributed by atoms with E-state index in [1.807, 2.05) is 0 Å². The van der Waals surface area contributed by atoms with Crippen LogP contribution in [0.2, 0.25) is 0 Å². The van der Waals surface area contributed by atoms with Gasteiger partial charge in [-0.05, 0) is 104 Å². The summed E-state index contributed by atoms with van der Waals surface area (Å²) in [5.74, 6) is 0. The molecule has 0 unspecified atom stereocenters. The van der Waals surface area contributed by atoms with Gasteiger partial charge in [0.25, 0.3) is 0 Å². The van der Waals surface area contributed by atoms with Gasteiger partial charge in [-0.15, -0.1) is 0 Å². The summed E-state index contributed by atoms with van der Waals surface area (Å²) in [6.45, 7) is 0. The van der Waals surface area contributed by atoms with Crippen LogP contribution in [-0.4, -0.2) is 0 Å². The number of hydrogen-bond donors (Lipinski definition) is 0. The Morgan fingerprint density at radius 2 is 0.444 bits per heavy atom. The van der Waals surface area contributed by atoms with Crippen LogP contribution >= 0.6 is 0 Å². The van der Waals surface area contributed by atoms with Crippen molar-refractivity contribution in [1.29, 1.82) is 0 Å². The highest BCUT2D eigenvalue weighted by Crippen LogP contribution is 2.32. The Hall–Kier alpha value is -3.90. The molecule has 0 radical (unpaired) electrons. The second kappa shape index (κ2) is 8.95. The van der Waals surface area contributed by atoms with Gasteiger partial charge in [-0.25, -0.2) is 0 Å². The van der Waals surface area contributed by atoms with Gasteiger partial charge in [0.05, 0.1) is 0 Å². The Kier molecular flexibility index (Phi) is 5.32. The first-order valence-corrected chi connectivity index (χ1v) is 13.3. The zero-order valence-corrected chi connectivity index (χ0v) is 20.6. The smallest absolute Gasteiger partial charge is 0.0120 e. The molecule has 36 heavy (non-hydrogen) atoms. The summed E-state index contributed by atoms with van der Waals surface area (Å²) in [4.78, 5) is 0. The van der Waals surface area contributed by atoms with Crippen LogP contribution in [0.3, 0.4) is 0 Å². The minimum Gasteiger partial charge on any atom is -0.0614 e. The van der Waals surface area contributed by atoms with Crippen LogP contribution in [0.1, 0.15) is 33.4 Å². The van der Waals surface area contributed by atoms with E-state index in [0.717, 1.165) is 0 Å². The maximum Gasteiger partial charge on any atom is -0.0120 e. The Morgan fingerprint density at radius 1 is 0.250 bits per heavy atom. The molecule has 6 aromatic carbocycles. The predicted molar refractivity (Wildman–Crippen MR) is 154 cm³/mol. The summed E-state index contributed by atoms with van der Waals surface area (Å²) < 4.78 is 0. The number of aryl methyl sites for hydroxylation is 6. The average molecular weight is 463 g/mol. The van der Waals surface area contributed by atoms with Gasteiger partial charge in [0.1, 0.15) is 0 Å². The molecule has 0 fully saturated rings. The number of benzene rings is 6. The molecule has 3 aliphatic rings. The molecule has 0 amide bonds. The second-order valence-electron chi connectivity index (χ2n) is 10.3. The first kappa shape index (κ1) is 21.4. The van der Waals surface area contributed by atoms with Crippen LogP contribution in [0, 0.1) is 0 Å². The van der Waals surface area contributed by atoms with Crippen LogP contribution in [0.25, 0.3) is 32.3 Å². The molecule has 0 aliphatic heterocycles. The van der Waals surface area contributed by atoms with E-state index < -0.39 is 0 Å². The van der Waals surface area contributed by atoms with Gasteiger partial charge >= 0.3 is 0 Å². The van der Waals surface area contributed by atoms with Gasteiger partial charge in [0.15, 0.2) is 0 Å². The summed E-state index contributed by atoms with van der Waals surface area (Å²) in [5.41, 5.74) is 9.18. The number of hydrogen-bond acceptors (Lipinski definition) is 0. The van der Waals surface area contributed by atoms with Crippen molar-refractivity contribution in [2.24, 2.45) is 0 Å². The van der Waals surface area contributed by atoms with Crippen molar-refractivity contribution in [3.63, 3.8) is 0 Å². The van der Waals surface area contributed by atoms with Crippen molar-refractivity contribution in [2.45, 2.75) is 38.5 Å². The fraction of sp³-hybridized carbons (Fsp3) is 0.167. The summed E-state index contributed by atoms with van der Waals surface area (Å²) in [7, 11) is 0. The van der Waals surface area contributed by atoms with Gasteiger partial charge in [0.2, 0.25) is 0 Å². The van der Waals surface area contributed by atoms with Crippen LogP contribution in [0.5, 0.6) is 0 Å². The molecule has 0 heterocycles. The second-order valence-corrected chi connectivity index (χ2v) is 10.3. The molecule has 0 saturated heterocycles. The standard InChI is InChI=1S/3C12H10/c3*1-3-9-4-2-6-11-8-7-10(5-1)12(9)11/h3*1-6H,7-8H2. The minimum absolute atomic E-state index is 1.23. The Morgan fingerprint density at radius 3 is 0.639 bits per heavy atom. The number of rotatable bonds is 0. The maximum atomic E-state index is 2.25. The molecule has 9 rings (SSSR count). The fourth-order valence-corrected chi connectivity index (χ4v) is 6.56. The van der Waals surface area contributed by atoms with E-state index in [9.17, 15) is 0 Å². The molecule has 0 spiro atoms. The Balaban J connectivity index is 0.0000000919. The van der Waals surface area contributed by atoms with E-state index in [0.29, 0.717) is 0 Å². The first-order chi connectivity index (χ1) is 17.8. The minimum atomic E-state index is 1.23. The maximum absolute atomic E-state index is 2.25. The topological polar surface area (TPSA) is 0 Å². The molecular formula is C36H30.